The van der Waals surface area contributed by atoms with Crippen molar-refractivity contribution >= 4 is 39.3 Å². The quantitative estimate of drug-likeness (QED) is 0.645. The highest BCUT2D eigenvalue weighted by atomic mass is 32.2. The van der Waals surface area contributed by atoms with Crippen LogP contribution in [0.15, 0.2) is 77.8 Å². The van der Waals surface area contributed by atoms with Crippen molar-refractivity contribution < 1.29 is 9.53 Å². The third kappa shape index (κ3) is 2.88. The second kappa shape index (κ2) is 6.84. The Morgan fingerprint density at radius 2 is 1.82 bits per heavy atom. The van der Waals surface area contributed by atoms with Gasteiger partial charge in [-0.25, -0.2) is 4.99 Å². The summed E-state index contributed by atoms with van der Waals surface area (Å²) in [5.74, 6) is 1.33. The summed E-state index contributed by atoms with van der Waals surface area (Å²) in [6.45, 7) is 0. The topological polar surface area (TPSA) is 41.9 Å². The molecule has 4 nitrogen and oxygen atoms in total. The van der Waals surface area contributed by atoms with E-state index in [0.29, 0.717) is 5.75 Å². The van der Waals surface area contributed by atoms with Gasteiger partial charge in [-0.2, -0.15) is 0 Å². The number of carbonyl (C=O) groups is 1. The number of amides is 1. The van der Waals surface area contributed by atoms with Gasteiger partial charge in [-0.1, -0.05) is 60.3 Å². The molecule has 3 aromatic carbocycles. The molecule has 0 N–H and O–H groups in total. The molecule has 0 radical (unpaired) electrons. The Morgan fingerprint density at radius 3 is 2.61 bits per heavy atom. The first-order valence-corrected chi connectivity index (χ1v) is 10.1. The first-order chi connectivity index (χ1) is 13.7. The molecule has 0 bridgehead atoms. The summed E-state index contributed by atoms with van der Waals surface area (Å²) in [5.41, 5.74) is 3.01. The standard InChI is InChI=1S/C23H18N2O2S/c1-27-19-10-8-16(9-11-19)21-13-20(24-23-25(21)22(26)14-28-23)18-7-6-15-4-2-3-5-17(15)12-18/h2-13,21H,14H2,1H3/t21-/m1/s1. The zero-order chi connectivity index (χ0) is 19.1. The predicted octanol–water partition coefficient (Wildman–Crippen LogP) is 4.88. The Hall–Kier alpha value is -3.05. The maximum Gasteiger partial charge on any atom is 0.239 e. The number of amidine groups is 1. The summed E-state index contributed by atoms with van der Waals surface area (Å²) in [6, 6.07) is 22.4. The van der Waals surface area contributed by atoms with Gasteiger partial charge >= 0.3 is 0 Å². The van der Waals surface area contributed by atoms with Crippen LogP contribution in [0.1, 0.15) is 17.2 Å². The number of aliphatic imine (C=N–C) groups is 1. The highest BCUT2D eigenvalue weighted by molar-refractivity contribution is 8.15. The van der Waals surface area contributed by atoms with Crippen molar-refractivity contribution in [3.05, 3.63) is 83.9 Å². The van der Waals surface area contributed by atoms with Crippen molar-refractivity contribution in [2.24, 2.45) is 4.99 Å². The van der Waals surface area contributed by atoms with Gasteiger partial charge in [0.15, 0.2) is 5.17 Å². The maximum atomic E-state index is 12.5. The van der Waals surface area contributed by atoms with Crippen LogP contribution in [0.25, 0.3) is 16.5 Å². The van der Waals surface area contributed by atoms with E-state index in [9.17, 15) is 4.79 Å². The van der Waals surface area contributed by atoms with Gasteiger partial charge in [-0.15, -0.1) is 0 Å². The summed E-state index contributed by atoms with van der Waals surface area (Å²) < 4.78 is 5.27. The summed E-state index contributed by atoms with van der Waals surface area (Å²) >= 11 is 1.50. The molecule has 5 rings (SSSR count). The first-order valence-electron chi connectivity index (χ1n) is 9.11. The van der Waals surface area contributed by atoms with E-state index in [1.165, 1.54) is 22.5 Å². The minimum Gasteiger partial charge on any atom is -0.497 e. The van der Waals surface area contributed by atoms with Gasteiger partial charge < -0.3 is 4.74 Å². The van der Waals surface area contributed by atoms with Gasteiger partial charge in [-0.3, -0.25) is 9.69 Å². The van der Waals surface area contributed by atoms with Gasteiger partial charge in [0.2, 0.25) is 5.91 Å². The van der Waals surface area contributed by atoms with Crippen molar-refractivity contribution in [3.8, 4) is 5.75 Å². The molecule has 2 heterocycles. The molecule has 0 aromatic heterocycles. The number of hydrogen-bond acceptors (Lipinski definition) is 4. The van der Waals surface area contributed by atoms with Crippen LogP contribution in [0.5, 0.6) is 5.75 Å². The highest BCUT2D eigenvalue weighted by Crippen LogP contribution is 2.39. The van der Waals surface area contributed by atoms with Crippen molar-refractivity contribution in [1.29, 1.82) is 0 Å². The first kappa shape index (κ1) is 17.1. The Balaban J connectivity index is 1.60. The number of carbonyl (C=O) groups excluding carboxylic acids is 1. The Kier molecular flexibility index (Phi) is 4.17. The van der Waals surface area contributed by atoms with Crippen LogP contribution < -0.4 is 4.74 Å². The molecule has 0 unspecified atom stereocenters. The fraction of sp³-hybridized carbons (Fsp3) is 0.130. The monoisotopic (exact) mass is 386 g/mol. The third-order valence-corrected chi connectivity index (χ3v) is 6.05. The van der Waals surface area contributed by atoms with Gasteiger partial charge in [0, 0.05) is 5.56 Å². The van der Waals surface area contributed by atoms with Crippen LogP contribution in [0.2, 0.25) is 0 Å². The number of nitrogens with zero attached hydrogens (tertiary/aromatic N) is 2. The van der Waals surface area contributed by atoms with Crippen molar-refractivity contribution in [2.45, 2.75) is 6.04 Å². The lowest BCUT2D eigenvalue weighted by atomic mass is 9.99. The molecule has 5 heteroatoms. The molecular weight excluding hydrogens is 368 g/mol. The van der Waals surface area contributed by atoms with Gasteiger partial charge in [0.25, 0.3) is 0 Å². The molecule has 0 aliphatic carbocycles. The maximum absolute atomic E-state index is 12.5. The van der Waals surface area contributed by atoms with Crippen molar-refractivity contribution in [3.63, 3.8) is 0 Å². The molecule has 0 saturated carbocycles. The van der Waals surface area contributed by atoms with Crippen LogP contribution in [0.4, 0.5) is 0 Å². The molecule has 3 aromatic rings. The summed E-state index contributed by atoms with van der Waals surface area (Å²) in [6.07, 6.45) is 2.08. The second-order valence-electron chi connectivity index (χ2n) is 6.78. The minimum absolute atomic E-state index is 0.0957. The number of hydrogen-bond donors (Lipinski definition) is 0. The van der Waals surface area contributed by atoms with E-state index < -0.39 is 0 Å². The SMILES string of the molecule is COc1ccc([C@H]2C=C(c3ccc4ccccc4c3)N=C3SCC(=O)N32)cc1. The highest BCUT2D eigenvalue weighted by Gasteiger charge is 2.37. The fourth-order valence-corrected chi connectivity index (χ4v) is 4.56. The largest absolute Gasteiger partial charge is 0.497 e. The normalized spacial score (nSPS) is 18.7. The van der Waals surface area contributed by atoms with Crippen LogP contribution in [0, 0.1) is 0 Å². The molecule has 28 heavy (non-hydrogen) atoms. The number of ether oxygens (including phenoxy) is 1. The third-order valence-electron chi connectivity index (χ3n) is 5.11. The average Bonchev–Trinajstić information content (AvgIpc) is 3.13. The lowest BCUT2D eigenvalue weighted by molar-refractivity contribution is -0.125. The fourth-order valence-electron chi connectivity index (χ4n) is 3.65. The van der Waals surface area contributed by atoms with E-state index in [4.69, 9.17) is 9.73 Å². The molecule has 2 aliphatic heterocycles. The Bertz CT molecular complexity index is 1130. The molecule has 0 spiro atoms. The van der Waals surface area contributed by atoms with Crippen molar-refractivity contribution in [2.75, 3.05) is 12.9 Å². The number of methoxy groups -OCH3 is 1. The van der Waals surface area contributed by atoms with Crippen LogP contribution in [-0.4, -0.2) is 28.8 Å². The molecule has 1 amide bonds. The molecule has 1 atom stereocenters. The van der Waals surface area contributed by atoms with E-state index in [-0.39, 0.29) is 11.9 Å². The summed E-state index contributed by atoms with van der Waals surface area (Å²) in [4.78, 5) is 19.1. The Labute approximate surface area is 167 Å². The molecule has 138 valence electrons. The van der Waals surface area contributed by atoms with E-state index in [0.717, 1.165) is 27.7 Å². The molecule has 1 saturated heterocycles. The number of thioether (sulfide) groups is 1. The van der Waals surface area contributed by atoms with E-state index >= 15 is 0 Å². The van der Waals surface area contributed by atoms with E-state index in [1.807, 2.05) is 36.4 Å². The summed E-state index contributed by atoms with van der Waals surface area (Å²) in [7, 11) is 1.65. The van der Waals surface area contributed by atoms with Crippen LogP contribution >= 0.6 is 11.8 Å². The molecule has 2 aliphatic rings. The lowest BCUT2D eigenvalue weighted by Gasteiger charge is -2.29. The van der Waals surface area contributed by atoms with Crippen molar-refractivity contribution in [1.82, 2.24) is 4.90 Å². The van der Waals surface area contributed by atoms with E-state index in [2.05, 4.69) is 36.4 Å². The van der Waals surface area contributed by atoms with Crippen LogP contribution in [0.3, 0.4) is 0 Å². The Morgan fingerprint density at radius 1 is 1.04 bits per heavy atom. The number of benzene rings is 3. The zero-order valence-electron chi connectivity index (χ0n) is 15.3. The molecule has 1 fully saturated rings. The lowest BCUT2D eigenvalue weighted by Crippen LogP contribution is -2.34. The minimum atomic E-state index is -0.164. The van der Waals surface area contributed by atoms with E-state index in [1.54, 1.807) is 12.0 Å². The smallest absolute Gasteiger partial charge is 0.239 e. The molecular formula is C23H18N2O2S. The van der Waals surface area contributed by atoms with Gasteiger partial charge in [-0.05, 0) is 40.6 Å². The van der Waals surface area contributed by atoms with Gasteiger partial charge in [0.05, 0.1) is 24.6 Å². The summed E-state index contributed by atoms with van der Waals surface area (Å²) in [5, 5.41) is 3.16. The number of rotatable bonds is 3. The van der Waals surface area contributed by atoms with Gasteiger partial charge in [0.1, 0.15) is 5.75 Å². The number of fused-ring (bicyclic) bond motifs is 2. The predicted molar refractivity (Wildman–Crippen MR) is 114 cm³/mol. The second-order valence-corrected chi connectivity index (χ2v) is 7.72. The average molecular weight is 386 g/mol. The zero-order valence-corrected chi connectivity index (χ0v) is 16.1. The van der Waals surface area contributed by atoms with Crippen LogP contribution in [-0.2, 0) is 4.79 Å².